The van der Waals surface area contributed by atoms with Gasteiger partial charge in [0.2, 0.25) is 5.95 Å². The van der Waals surface area contributed by atoms with Gasteiger partial charge in [-0.05, 0) is 18.8 Å². The van der Waals surface area contributed by atoms with E-state index in [4.69, 9.17) is 5.11 Å². The molecule has 6 heteroatoms. The van der Waals surface area contributed by atoms with E-state index in [1.165, 1.54) is 0 Å². The van der Waals surface area contributed by atoms with Gasteiger partial charge in [-0.3, -0.25) is 4.79 Å². The van der Waals surface area contributed by atoms with Gasteiger partial charge >= 0.3 is 5.97 Å². The first-order valence-electron chi connectivity index (χ1n) is 5.58. The summed E-state index contributed by atoms with van der Waals surface area (Å²) in [6.45, 7) is 1.27. The average Bonchev–Trinajstić information content (AvgIpc) is 3.04. The summed E-state index contributed by atoms with van der Waals surface area (Å²) in [6.07, 6.45) is 3.62. The van der Waals surface area contributed by atoms with E-state index in [-0.39, 0.29) is 5.92 Å². The topological polar surface area (TPSA) is 66.3 Å². The number of piperidine rings is 1. The first-order chi connectivity index (χ1) is 8.12. The third-order valence-electron chi connectivity index (χ3n) is 3.82. The molecule has 2 heterocycles. The van der Waals surface area contributed by atoms with Gasteiger partial charge in [-0.15, -0.1) is 0 Å². The fraction of sp³-hybridized carbons (Fsp3) is 0.545. The maximum atomic E-state index is 12.7. The number of rotatable bonds is 2. The fourth-order valence-corrected chi connectivity index (χ4v) is 2.64. The van der Waals surface area contributed by atoms with Crippen molar-refractivity contribution in [1.82, 2.24) is 9.97 Å². The van der Waals surface area contributed by atoms with E-state index < -0.39 is 17.2 Å². The molecule has 1 aromatic heterocycles. The van der Waals surface area contributed by atoms with Gasteiger partial charge in [0.15, 0.2) is 5.82 Å². The highest BCUT2D eigenvalue weighted by molar-refractivity contribution is 5.79. The van der Waals surface area contributed by atoms with Gasteiger partial charge in [0, 0.05) is 13.1 Å². The van der Waals surface area contributed by atoms with Crippen LogP contribution in [0.5, 0.6) is 0 Å². The van der Waals surface area contributed by atoms with Crippen molar-refractivity contribution in [3.05, 3.63) is 18.2 Å². The van der Waals surface area contributed by atoms with Crippen LogP contribution in [-0.2, 0) is 4.79 Å². The number of anilines is 1. The fourth-order valence-electron chi connectivity index (χ4n) is 2.64. The summed E-state index contributed by atoms with van der Waals surface area (Å²) >= 11 is 0. The molecule has 5 nitrogen and oxygen atoms in total. The molecule has 2 fully saturated rings. The molecule has 1 N–H and O–H groups in total. The standard InChI is InChI=1S/C11H12FN3O2/c12-8-4-13-10(14-5-8)15-2-1-11(9(16)17)3-7(11)6-15/h4-5,7H,1-3,6H2,(H,16,17)/t7-,11-/m1/s1. The highest BCUT2D eigenvalue weighted by Gasteiger charge is 2.62. The molecule has 0 amide bonds. The summed E-state index contributed by atoms with van der Waals surface area (Å²) in [5.74, 6) is -0.487. The van der Waals surface area contributed by atoms with Crippen molar-refractivity contribution >= 4 is 11.9 Å². The molecule has 1 saturated heterocycles. The normalized spacial score (nSPS) is 30.9. The monoisotopic (exact) mass is 237 g/mol. The number of aliphatic carboxylic acids is 1. The van der Waals surface area contributed by atoms with Crippen LogP contribution in [0.25, 0.3) is 0 Å². The Morgan fingerprint density at radius 1 is 1.53 bits per heavy atom. The van der Waals surface area contributed by atoms with Crippen molar-refractivity contribution in [3.63, 3.8) is 0 Å². The molecule has 1 aliphatic heterocycles. The van der Waals surface area contributed by atoms with E-state index in [0.717, 1.165) is 18.8 Å². The minimum absolute atomic E-state index is 0.183. The van der Waals surface area contributed by atoms with Crippen LogP contribution in [0.2, 0.25) is 0 Å². The van der Waals surface area contributed by atoms with Gasteiger partial charge in [0.1, 0.15) is 0 Å². The Bertz CT molecular complexity index is 464. The molecule has 1 aromatic rings. The largest absolute Gasteiger partial charge is 0.481 e. The zero-order chi connectivity index (χ0) is 12.0. The van der Waals surface area contributed by atoms with Crippen molar-refractivity contribution in [2.24, 2.45) is 11.3 Å². The van der Waals surface area contributed by atoms with Crippen LogP contribution in [-0.4, -0.2) is 34.1 Å². The highest BCUT2D eigenvalue weighted by Crippen LogP contribution is 2.58. The summed E-state index contributed by atoms with van der Waals surface area (Å²) < 4.78 is 12.7. The van der Waals surface area contributed by atoms with Crippen LogP contribution in [0.1, 0.15) is 12.8 Å². The Morgan fingerprint density at radius 2 is 2.24 bits per heavy atom. The van der Waals surface area contributed by atoms with Gasteiger partial charge in [-0.1, -0.05) is 0 Å². The zero-order valence-electron chi connectivity index (χ0n) is 9.14. The minimum Gasteiger partial charge on any atom is -0.481 e. The molecule has 0 bridgehead atoms. The van der Waals surface area contributed by atoms with Crippen LogP contribution >= 0.6 is 0 Å². The number of fused-ring (bicyclic) bond motifs is 1. The maximum Gasteiger partial charge on any atom is 0.310 e. The van der Waals surface area contributed by atoms with E-state index in [0.29, 0.717) is 25.5 Å². The summed E-state index contributed by atoms with van der Waals surface area (Å²) in [6, 6.07) is 0. The second kappa shape index (κ2) is 3.38. The molecule has 3 rings (SSSR count). The molecule has 1 aliphatic carbocycles. The Labute approximate surface area is 97.3 Å². The summed E-state index contributed by atoms with van der Waals surface area (Å²) in [5, 5.41) is 9.13. The second-order valence-corrected chi connectivity index (χ2v) is 4.76. The maximum absolute atomic E-state index is 12.7. The number of nitrogens with zero attached hydrogens (tertiary/aromatic N) is 3. The van der Waals surface area contributed by atoms with Gasteiger partial charge in [0.25, 0.3) is 0 Å². The second-order valence-electron chi connectivity index (χ2n) is 4.76. The third-order valence-corrected chi connectivity index (χ3v) is 3.82. The van der Waals surface area contributed by atoms with E-state index in [1.54, 1.807) is 0 Å². The van der Waals surface area contributed by atoms with Gasteiger partial charge < -0.3 is 10.0 Å². The number of carbonyl (C=O) groups is 1. The number of halogens is 1. The van der Waals surface area contributed by atoms with Crippen LogP contribution in [0.4, 0.5) is 10.3 Å². The van der Waals surface area contributed by atoms with E-state index in [9.17, 15) is 9.18 Å². The molecular formula is C11H12FN3O2. The molecule has 0 radical (unpaired) electrons. The van der Waals surface area contributed by atoms with E-state index in [2.05, 4.69) is 9.97 Å². The Balaban J connectivity index is 1.74. The lowest BCUT2D eigenvalue weighted by atomic mass is 9.96. The summed E-state index contributed by atoms with van der Waals surface area (Å²) in [4.78, 5) is 20.9. The van der Waals surface area contributed by atoms with Crippen LogP contribution in [0.15, 0.2) is 12.4 Å². The summed E-state index contributed by atoms with van der Waals surface area (Å²) in [7, 11) is 0. The zero-order valence-corrected chi connectivity index (χ0v) is 9.14. The Kier molecular flexibility index (Phi) is 2.08. The molecule has 17 heavy (non-hydrogen) atoms. The molecular weight excluding hydrogens is 225 g/mol. The molecule has 90 valence electrons. The SMILES string of the molecule is O=C(O)[C@@]12CCN(c3ncc(F)cn3)C[C@H]1C2. The van der Waals surface area contributed by atoms with Gasteiger partial charge in [-0.2, -0.15) is 0 Å². The Morgan fingerprint density at radius 3 is 2.82 bits per heavy atom. The first-order valence-corrected chi connectivity index (χ1v) is 5.58. The van der Waals surface area contributed by atoms with Gasteiger partial charge in [0.05, 0.1) is 17.8 Å². The lowest BCUT2D eigenvalue weighted by molar-refractivity contribution is -0.144. The molecule has 2 aliphatic rings. The number of carboxylic acid groups (broad SMARTS) is 1. The van der Waals surface area contributed by atoms with Crippen molar-refractivity contribution < 1.29 is 14.3 Å². The lowest BCUT2D eigenvalue weighted by Crippen LogP contribution is -2.38. The number of hydrogen-bond donors (Lipinski definition) is 1. The number of hydrogen-bond acceptors (Lipinski definition) is 4. The predicted octanol–water partition coefficient (Wildman–Crippen LogP) is 0.917. The van der Waals surface area contributed by atoms with Crippen molar-refractivity contribution in [1.29, 1.82) is 0 Å². The van der Waals surface area contributed by atoms with Crippen molar-refractivity contribution in [2.75, 3.05) is 18.0 Å². The smallest absolute Gasteiger partial charge is 0.310 e. The van der Waals surface area contributed by atoms with E-state index in [1.807, 2.05) is 4.90 Å². The lowest BCUT2D eigenvalue weighted by Gasteiger charge is -2.29. The van der Waals surface area contributed by atoms with Gasteiger partial charge in [-0.25, -0.2) is 14.4 Å². The van der Waals surface area contributed by atoms with E-state index >= 15 is 0 Å². The molecule has 0 unspecified atom stereocenters. The highest BCUT2D eigenvalue weighted by atomic mass is 19.1. The van der Waals surface area contributed by atoms with Crippen LogP contribution < -0.4 is 4.90 Å². The third kappa shape index (κ3) is 1.55. The molecule has 0 spiro atoms. The minimum atomic E-state index is -0.692. The predicted molar refractivity (Wildman–Crippen MR) is 57.0 cm³/mol. The Hall–Kier alpha value is -1.72. The molecule has 0 aromatic carbocycles. The first kappa shape index (κ1) is 10.4. The molecule has 2 atom stereocenters. The quantitative estimate of drug-likeness (QED) is 0.828. The molecule has 1 saturated carbocycles. The summed E-state index contributed by atoms with van der Waals surface area (Å²) in [5.41, 5.74) is -0.503. The van der Waals surface area contributed by atoms with Crippen molar-refractivity contribution in [3.8, 4) is 0 Å². The average molecular weight is 237 g/mol. The van der Waals surface area contributed by atoms with Crippen LogP contribution in [0.3, 0.4) is 0 Å². The van der Waals surface area contributed by atoms with Crippen molar-refractivity contribution in [2.45, 2.75) is 12.8 Å². The number of aromatic nitrogens is 2. The van der Waals surface area contributed by atoms with Crippen LogP contribution in [0, 0.1) is 17.2 Å². The number of carboxylic acids is 1.